The third-order valence-corrected chi connectivity index (χ3v) is 10.3. The molecule has 9 aromatic rings. The van der Waals surface area contributed by atoms with Crippen molar-refractivity contribution in [3.8, 4) is 22.5 Å². The molecular formula is C43H30N2. The van der Waals surface area contributed by atoms with Crippen molar-refractivity contribution in [3.05, 3.63) is 157 Å². The Bertz CT molecular complexity index is 2670. The first kappa shape index (κ1) is 24.8. The third kappa shape index (κ3) is 3.24. The molecule has 0 bridgehead atoms. The molecule has 2 heterocycles. The lowest BCUT2D eigenvalue weighted by Gasteiger charge is -2.21. The van der Waals surface area contributed by atoms with Gasteiger partial charge in [0.25, 0.3) is 0 Å². The van der Waals surface area contributed by atoms with Crippen LogP contribution in [0.2, 0.25) is 0 Å². The molecule has 0 atom stereocenters. The van der Waals surface area contributed by atoms with Crippen LogP contribution in [0.25, 0.3) is 76.9 Å². The third-order valence-electron chi connectivity index (χ3n) is 10.3. The Morgan fingerprint density at radius 3 is 1.98 bits per heavy atom. The van der Waals surface area contributed by atoms with Gasteiger partial charge in [-0.3, -0.25) is 0 Å². The molecule has 2 heteroatoms. The fourth-order valence-electron chi connectivity index (χ4n) is 8.21. The first-order chi connectivity index (χ1) is 22.1. The number of nitrogens with zero attached hydrogens (tertiary/aromatic N) is 2. The zero-order chi connectivity index (χ0) is 29.9. The summed E-state index contributed by atoms with van der Waals surface area (Å²) in [6, 6.07) is 53.9. The number of hydrogen-bond donors (Lipinski definition) is 0. The average Bonchev–Trinajstić information content (AvgIpc) is 3.67. The van der Waals surface area contributed by atoms with Crippen LogP contribution in [0, 0.1) is 0 Å². The molecule has 0 saturated heterocycles. The summed E-state index contributed by atoms with van der Waals surface area (Å²) in [5.74, 6) is 0. The van der Waals surface area contributed by atoms with E-state index in [1.165, 1.54) is 88.0 Å². The molecule has 10 rings (SSSR count). The lowest BCUT2D eigenvalue weighted by Crippen LogP contribution is -2.14. The standard InChI is InChI=1S/C43H30N2/c1-43(2)37-18-10-8-16-31(37)34-24-29(21-23-38(34)43)45-41-26-40-35(25-36(41)33-22-20-27-12-6-7-15-30(27)42(33)45)32-17-9-11-19-39(32)44(40)28-13-4-3-5-14-28/h3-26H,1-2H3. The Morgan fingerprint density at radius 1 is 0.400 bits per heavy atom. The number of rotatable bonds is 2. The second-order valence-corrected chi connectivity index (χ2v) is 13.0. The van der Waals surface area contributed by atoms with Crippen LogP contribution in [0.1, 0.15) is 25.0 Å². The van der Waals surface area contributed by atoms with Crippen LogP contribution in [-0.2, 0) is 5.41 Å². The van der Waals surface area contributed by atoms with E-state index in [1.54, 1.807) is 0 Å². The van der Waals surface area contributed by atoms with Gasteiger partial charge < -0.3 is 9.13 Å². The van der Waals surface area contributed by atoms with Gasteiger partial charge in [0.15, 0.2) is 0 Å². The molecule has 1 aliphatic carbocycles. The number of aromatic nitrogens is 2. The molecule has 0 radical (unpaired) electrons. The maximum atomic E-state index is 2.52. The van der Waals surface area contributed by atoms with Gasteiger partial charge >= 0.3 is 0 Å². The van der Waals surface area contributed by atoms with Gasteiger partial charge in [0.05, 0.1) is 22.1 Å². The molecule has 2 nitrogen and oxygen atoms in total. The molecule has 2 aromatic heterocycles. The Kier molecular flexibility index (Phi) is 4.82. The zero-order valence-electron chi connectivity index (χ0n) is 25.3. The number of para-hydroxylation sites is 2. The minimum absolute atomic E-state index is 0.0270. The van der Waals surface area contributed by atoms with Crippen molar-refractivity contribution in [3.63, 3.8) is 0 Å². The molecule has 0 spiro atoms. The van der Waals surface area contributed by atoms with Gasteiger partial charge in [0.1, 0.15) is 0 Å². The van der Waals surface area contributed by atoms with E-state index < -0.39 is 0 Å². The summed E-state index contributed by atoms with van der Waals surface area (Å²) >= 11 is 0. The average molecular weight is 575 g/mol. The molecule has 0 fully saturated rings. The molecule has 0 unspecified atom stereocenters. The molecule has 0 aliphatic heterocycles. The molecule has 0 saturated carbocycles. The van der Waals surface area contributed by atoms with Gasteiger partial charge in [-0.25, -0.2) is 0 Å². The van der Waals surface area contributed by atoms with Crippen molar-refractivity contribution in [1.82, 2.24) is 9.13 Å². The van der Waals surface area contributed by atoms with E-state index >= 15 is 0 Å². The normalized spacial score (nSPS) is 13.7. The predicted molar refractivity (Wildman–Crippen MR) is 190 cm³/mol. The second kappa shape index (κ2) is 8.74. The van der Waals surface area contributed by atoms with Gasteiger partial charge in [-0.1, -0.05) is 117 Å². The Labute approximate surface area is 261 Å². The molecule has 0 N–H and O–H groups in total. The number of fused-ring (bicyclic) bond motifs is 11. The highest BCUT2D eigenvalue weighted by Crippen LogP contribution is 2.50. The van der Waals surface area contributed by atoms with Crippen LogP contribution in [0.15, 0.2) is 146 Å². The van der Waals surface area contributed by atoms with Crippen molar-refractivity contribution in [2.24, 2.45) is 0 Å². The van der Waals surface area contributed by atoms with Crippen molar-refractivity contribution in [2.75, 3.05) is 0 Å². The van der Waals surface area contributed by atoms with Crippen molar-refractivity contribution in [2.45, 2.75) is 19.3 Å². The minimum Gasteiger partial charge on any atom is -0.309 e. The van der Waals surface area contributed by atoms with Gasteiger partial charge in [-0.05, 0) is 70.1 Å². The molecular weight excluding hydrogens is 544 g/mol. The number of benzene rings is 7. The summed E-state index contributed by atoms with van der Waals surface area (Å²) in [5.41, 5.74) is 12.7. The predicted octanol–water partition coefficient (Wildman–Crippen LogP) is 11.3. The summed E-state index contributed by atoms with van der Waals surface area (Å²) in [5, 5.41) is 7.64. The van der Waals surface area contributed by atoms with E-state index in [0.29, 0.717) is 0 Å². The monoisotopic (exact) mass is 574 g/mol. The van der Waals surface area contributed by atoms with Crippen LogP contribution in [0.4, 0.5) is 0 Å². The van der Waals surface area contributed by atoms with Crippen LogP contribution < -0.4 is 0 Å². The summed E-state index contributed by atoms with van der Waals surface area (Å²) < 4.78 is 4.94. The molecule has 1 aliphatic rings. The lowest BCUT2D eigenvalue weighted by molar-refractivity contribution is 0.660. The summed E-state index contributed by atoms with van der Waals surface area (Å²) in [6.07, 6.45) is 0. The molecule has 45 heavy (non-hydrogen) atoms. The van der Waals surface area contributed by atoms with Gasteiger partial charge in [0.2, 0.25) is 0 Å². The SMILES string of the molecule is CC1(C)c2ccccc2-c2cc(-n3c4cc5c(cc4c4ccc6ccccc6c43)c3ccccc3n5-c3ccccc3)ccc21. The summed E-state index contributed by atoms with van der Waals surface area (Å²) in [4.78, 5) is 0. The first-order valence-corrected chi connectivity index (χ1v) is 15.8. The van der Waals surface area contributed by atoms with Crippen molar-refractivity contribution < 1.29 is 0 Å². The maximum absolute atomic E-state index is 2.52. The van der Waals surface area contributed by atoms with Crippen molar-refractivity contribution >= 4 is 54.4 Å². The fourth-order valence-corrected chi connectivity index (χ4v) is 8.21. The quantitative estimate of drug-likeness (QED) is 0.194. The Balaban J connectivity index is 1.38. The highest BCUT2D eigenvalue weighted by Gasteiger charge is 2.35. The fraction of sp³-hybridized carbons (Fsp3) is 0.0698. The van der Waals surface area contributed by atoms with Gasteiger partial charge in [-0.15, -0.1) is 0 Å². The van der Waals surface area contributed by atoms with Crippen molar-refractivity contribution in [1.29, 1.82) is 0 Å². The maximum Gasteiger partial charge on any atom is 0.0619 e. The second-order valence-electron chi connectivity index (χ2n) is 13.0. The largest absolute Gasteiger partial charge is 0.309 e. The van der Waals surface area contributed by atoms with Gasteiger partial charge in [-0.2, -0.15) is 0 Å². The molecule has 0 amide bonds. The lowest BCUT2D eigenvalue weighted by atomic mass is 9.82. The Hall–Kier alpha value is -5.60. The van der Waals surface area contributed by atoms with Crippen LogP contribution in [0.3, 0.4) is 0 Å². The van der Waals surface area contributed by atoms with Crippen LogP contribution in [0.5, 0.6) is 0 Å². The van der Waals surface area contributed by atoms with E-state index in [2.05, 4.69) is 169 Å². The highest BCUT2D eigenvalue weighted by atomic mass is 15.0. The first-order valence-electron chi connectivity index (χ1n) is 15.8. The van der Waals surface area contributed by atoms with E-state index in [0.717, 1.165) is 0 Å². The molecule has 7 aromatic carbocycles. The van der Waals surface area contributed by atoms with Gasteiger partial charge in [0, 0.05) is 43.7 Å². The van der Waals surface area contributed by atoms with E-state index in [1.807, 2.05) is 0 Å². The smallest absolute Gasteiger partial charge is 0.0619 e. The molecule has 212 valence electrons. The summed E-state index contributed by atoms with van der Waals surface area (Å²) in [6.45, 7) is 4.70. The summed E-state index contributed by atoms with van der Waals surface area (Å²) in [7, 11) is 0. The topological polar surface area (TPSA) is 9.86 Å². The van der Waals surface area contributed by atoms with E-state index in [9.17, 15) is 0 Å². The van der Waals surface area contributed by atoms with Crippen LogP contribution in [-0.4, -0.2) is 9.13 Å². The number of hydrogen-bond acceptors (Lipinski definition) is 0. The minimum atomic E-state index is -0.0270. The Morgan fingerprint density at radius 2 is 1.09 bits per heavy atom. The van der Waals surface area contributed by atoms with Crippen LogP contribution >= 0.6 is 0 Å². The van der Waals surface area contributed by atoms with E-state index in [-0.39, 0.29) is 5.41 Å². The van der Waals surface area contributed by atoms with E-state index in [4.69, 9.17) is 0 Å². The highest BCUT2D eigenvalue weighted by molar-refractivity contribution is 6.23. The zero-order valence-corrected chi connectivity index (χ0v) is 25.3.